The molecule has 7 nitrogen and oxygen atoms in total. The summed E-state index contributed by atoms with van der Waals surface area (Å²) in [7, 11) is 6.27. The van der Waals surface area contributed by atoms with Crippen LogP contribution in [0.5, 0.6) is 5.88 Å². The highest BCUT2D eigenvalue weighted by Crippen LogP contribution is 2.34. The number of ether oxygens (including phenoxy) is 1. The first-order valence-electron chi connectivity index (χ1n) is 8.80. The van der Waals surface area contributed by atoms with E-state index < -0.39 is 0 Å². The monoisotopic (exact) mass is 369 g/mol. The Labute approximate surface area is 158 Å². The Balaban J connectivity index is 2.07. The maximum absolute atomic E-state index is 11.4. The second-order valence-electron chi connectivity index (χ2n) is 7.68. The third-order valence-corrected chi connectivity index (χ3v) is 4.42. The van der Waals surface area contributed by atoms with Crippen LogP contribution in [0, 0.1) is 13.8 Å². The van der Waals surface area contributed by atoms with Crippen LogP contribution in [0.4, 0.5) is 5.69 Å². The second kappa shape index (κ2) is 7.00. The quantitative estimate of drug-likeness (QED) is 0.649. The number of aliphatic hydroxyl groups is 1. The Morgan fingerprint density at radius 3 is 2.63 bits per heavy atom. The molecular formula is C20H25N4O3+. The van der Waals surface area contributed by atoms with Crippen molar-refractivity contribution in [2.24, 2.45) is 4.99 Å². The maximum Gasteiger partial charge on any atom is 0.260 e. The van der Waals surface area contributed by atoms with Crippen LogP contribution >= 0.6 is 0 Å². The van der Waals surface area contributed by atoms with E-state index in [1.165, 1.54) is 12.2 Å². The highest BCUT2D eigenvalue weighted by atomic mass is 16.5. The van der Waals surface area contributed by atoms with Gasteiger partial charge in [0.2, 0.25) is 0 Å². The number of fused-ring (bicyclic) bond motifs is 1. The van der Waals surface area contributed by atoms with Crippen LogP contribution in [-0.2, 0) is 4.79 Å². The van der Waals surface area contributed by atoms with Gasteiger partial charge in [-0.05, 0) is 37.6 Å². The van der Waals surface area contributed by atoms with Crippen molar-refractivity contribution in [3.63, 3.8) is 0 Å². The number of aryl methyl sites for hydroxylation is 2. The average Bonchev–Trinajstić information content (AvgIpc) is 2.91. The molecule has 2 aromatic heterocycles. The van der Waals surface area contributed by atoms with Crippen molar-refractivity contribution in [2.45, 2.75) is 13.8 Å². The minimum absolute atomic E-state index is 0.164. The van der Waals surface area contributed by atoms with Gasteiger partial charge in [0.05, 0.1) is 26.7 Å². The number of likely N-dealkylation sites (N-methyl/N-ethyl adjacent to an activating group) is 1. The van der Waals surface area contributed by atoms with Gasteiger partial charge in [0.15, 0.2) is 11.5 Å². The van der Waals surface area contributed by atoms with Gasteiger partial charge in [-0.3, -0.25) is 4.79 Å². The fourth-order valence-corrected chi connectivity index (χ4v) is 2.64. The SMILES string of the molecule is Cc1ccc2c(/N=C3\C=CC(=O)C=C3O)c(OCC[N+](C)(C)C)nn2c1C. The number of quaternary nitrogens is 1. The summed E-state index contributed by atoms with van der Waals surface area (Å²) in [5, 5.41) is 14.7. The van der Waals surface area contributed by atoms with Crippen molar-refractivity contribution >= 4 is 22.7 Å². The lowest BCUT2D eigenvalue weighted by Crippen LogP contribution is -2.38. The zero-order valence-electron chi connectivity index (χ0n) is 16.4. The number of carbonyl (C=O) groups is 1. The van der Waals surface area contributed by atoms with Gasteiger partial charge in [-0.25, -0.2) is 9.51 Å². The molecule has 0 amide bonds. The first kappa shape index (κ1) is 18.8. The zero-order valence-corrected chi connectivity index (χ0v) is 16.4. The number of pyridine rings is 1. The van der Waals surface area contributed by atoms with Gasteiger partial charge in [0.1, 0.15) is 24.6 Å². The molecular weight excluding hydrogens is 344 g/mol. The Morgan fingerprint density at radius 2 is 1.96 bits per heavy atom. The number of hydrogen-bond donors (Lipinski definition) is 1. The predicted octanol–water partition coefficient (Wildman–Crippen LogP) is 2.69. The van der Waals surface area contributed by atoms with Crippen molar-refractivity contribution in [2.75, 3.05) is 34.3 Å². The molecule has 3 rings (SSSR count). The number of nitrogens with zero attached hydrogens (tertiary/aromatic N) is 4. The Bertz CT molecular complexity index is 991. The summed E-state index contributed by atoms with van der Waals surface area (Å²) in [6.07, 6.45) is 4.02. The highest BCUT2D eigenvalue weighted by Gasteiger charge is 2.19. The number of aliphatic imine (C=N–C) groups is 1. The molecule has 142 valence electrons. The molecule has 0 saturated carbocycles. The van der Waals surface area contributed by atoms with Crippen LogP contribution in [0.3, 0.4) is 0 Å². The van der Waals surface area contributed by atoms with Crippen LogP contribution in [0.2, 0.25) is 0 Å². The molecule has 0 fully saturated rings. The van der Waals surface area contributed by atoms with E-state index >= 15 is 0 Å². The number of hydrogen-bond acceptors (Lipinski definition) is 5. The lowest BCUT2D eigenvalue weighted by Gasteiger charge is -2.23. The topological polar surface area (TPSA) is 76.2 Å². The number of ketones is 1. The van der Waals surface area contributed by atoms with E-state index in [9.17, 15) is 9.90 Å². The third-order valence-electron chi connectivity index (χ3n) is 4.42. The molecule has 0 unspecified atom stereocenters. The van der Waals surface area contributed by atoms with Crippen molar-refractivity contribution in [1.82, 2.24) is 9.61 Å². The smallest absolute Gasteiger partial charge is 0.260 e. The second-order valence-corrected chi connectivity index (χ2v) is 7.68. The number of allylic oxidation sites excluding steroid dienone is 3. The van der Waals surface area contributed by atoms with Crippen molar-refractivity contribution in [3.8, 4) is 5.88 Å². The molecule has 2 heterocycles. The molecule has 1 N–H and O–H groups in total. The fourth-order valence-electron chi connectivity index (χ4n) is 2.64. The molecule has 27 heavy (non-hydrogen) atoms. The molecule has 0 aliphatic heterocycles. The molecule has 0 atom stereocenters. The molecule has 0 radical (unpaired) electrons. The summed E-state index contributed by atoms with van der Waals surface area (Å²) < 4.78 is 8.51. The lowest BCUT2D eigenvalue weighted by atomic mass is 10.1. The zero-order chi connectivity index (χ0) is 19.8. The molecule has 2 aromatic rings. The van der Waals surface area contributed by atoms with Crippen LogP contribution in [0.15, 0.2) is 41.1 Å². The largest absolute Gasteiger partial charge is 0.506 e. The van der Waals surface area contributed by atoms with Gasteiger partial charge in [-0.1, -0.05) is 6.07 Å². The minimum Gasteiger partial charge on any atom is -0.506 e. The van der Waals surface area contributed by atoms with E-state index in [1.807, 2.05) is 26.0 Å². The van der Waals surface area contributed by atoms with Gasteiger partial charge in [0, 0.05) is 11.8 Å². The summed E-state index contributed by atoms with van der Waals surface area (Å²) in [4.78, 5) is 16.0. The van der Waals surface area contributed by atoms with E-state index in [0.29, 0.717) is 23.9 Å². The van der Waals surface area contributed by atoms with E-state index in [1.54, 1.807) is 4.52 Å². The average molecular weight is 369 g/mol. The predicted molar refractivity (Wildman–Crippen MR) is 105 cm³/mol. The molecule has 0 saturated heterocycles. The molecule has 1 aliphatic rings. The molecule has 1 aliphatic carbocycles. The standard InChI is InChI=1S/C20H24N4O3/c1-13-6-9-17-19(21-16-8-7-15(25)12-18(16)26)20(22-23(17)14(13)2)27-11-10-24(3,4)5/h6-9,12H,10-11H2,1-5H3/p+1/b21-16+. The van der Waals surface area contributed by atoms with Crippen LogP contribution in [0.25, 0.3) is 5.52 Å². The summed E-state index contributed by atoms with van der Waals surface area (Å²) in [6, 6.07) is 3.93. The molecule has 7 heteroatoms. The van der Waals surface area contributed by atoms with Crippen LogP contribution in [-0.4, -0.2) is 65.0 Å². The van der Waals surface area contributed by atoms with Crippen molar-refractivity contribution in [1.29, 1.82) is 0 Å². The van der Waals surface area contributed by atoms with Crippen LogP contribution in [0.1, 0.15) is 11.3 Å². The number of aliphatic hydroxyl groups excluding tert-OH is 1. The van der Waals surface area contributed by atoms with Gasteiger partial charge in [-0.15, -0.1) is 5.10 Å². The van der Waals surface area contributed by atoms with E-state index in [2.05, 4.69) is 31.2 Å². The third kappa shape index (κ3) is 4.09. The minimum atomic E-state index is -0.266. The molecule has 0 spiro atoms. The first-order chi connectivity index (χ1) is 12.7. The van der Waals surface area contributed by atoms with Crippen molar-refractivity contribution in [3.05, 3.63) is 47.4 Å². The normalized spacial score (nSPS) is 16.3. The highest BCUT2D eigenvalue weighted by molar-refractivity contribution is 6.19. The van der Waals surface area contributed by atoms with Gasteiger partial charge < -0.3 is 14.3 Å². The summed E-state index contributed by atoms with van der Waals surface area (Å²) in [6.45, 7) is 5.29. The van der Waals surface area contributed by atoms with Crippen LogP contribution < -0.4 is 4.74 Å². The summed E-state index contributed by atoms with van der Waals surface area (Å²) in [5.74, 6) is -0.0251. The first-order valence-corrected chi connectivity index (χ1v) is 8.80. The van der Waals surface area contributed by atoms with Gasteiger partial charge in [-0.2, -0.15) is 0 Å². The van der Waals surface area contributed by atoms with Gasteiger partial charge >= 0.3 is 0 Å². The Morgan fingerprint density at radius 1 is 1.22 bits per heavy atom. The summed E-state index contributed by atoms with van der Waals surface area (Å²) >= 11 is 0. The lowest BCUT2D eigenvalue weighted by molar-refractivity contribution is -0.870. The Kier molecular flexibility index (Phi) is 4.89. The van der Waals surface area contributed by atoms with Gasteiger partial charge in [0.25, 0.3) is 5.88 Å². The van der Waals surface area contributed by atoms with Crippen molar-refractivity contribution < 1.29 is 19.1 Å². The summed E-state index contributed by atoms with van der Waals surface area (Å²) in [5.41, 5.74) is 3.72. The van der Waals surface area contributed by atoms with E-state index in [0.717, 1.165) is 33.9 Å². The number of aromatic nitrogens is 2. The Hall–Kier alpha value is -2.93. The molecule has 0 bridgehead atoms. The number of carbonyl (C=O) groups excluding carboxylic acids is 1. The maximum atomic E-state index is 11.4. The van der Waals surface area contributed by atoms with E-state index in [4.69, 9.17) is 4.74 Å². The number of rotatable bonds is 5. The molecule has 0 aromatic carbocycles. The fraction of sp³-hybridized carbons (Fsp3) is 0.350. The van der Waals surface area contributed by atoms with E-state index in [-0.39, 0.29) is 11.5 Å².